The molecule has 0 atom stereocenters. The fourth-order valence-electron chi connectivity index (χ4n) is 2.83. The summed E-state index contributed by atoms with van der Waals surface area (Å²) in [6.45, 7) is 4.42. The molecule has 2 rings (SSSR count). The van der Waals surface area contributed by atoms with Gasteiger partial charge >= 0.3 is 0 Å². The van der Waals surface area contributed by atoms with Crippen molar-refractivity contribution < 1.29 is 5.11 Å². The molecule has 0 fully saturated rings. The highest BCUT2D eigenvalue weighted by Gasteiger charge is 2.13. The number of para-hydroxylation sites is 1. The molecule has 0 saturated heterocycles. The molecule has 2 aromatic rings. The van der Waals surface area contributed by atoms with Gasteiger partial charge in [0.1, 0.15) is 0 Å². The Labute approximate surface area is 159 Å². The highest BCUT2D eigenvalue weighted by atomic mass is 32.1. The highest BCUT2D eigenvalue weighted by Crippen LogP contribution is 2.15. The number of thiocarbonyl (C=S) groups is 1. The minimum absolute atomic E-state index is 0.0237. The molecule has 6 nitrogen and oxygen atoms in total. The number of aromatic nitrogens is 1. The second-order valence-corrected chi connectivity index (χ2v) is 7.08. The molecule has 0 aliphatic heterocycles. The molecular formula is C19H28N4O2S. The number of aliphatic hydroxyl groups excluding tert-OH is 1. The number of rotatable bonds is 8. The molecule has 0 unspecified atom stereocenters. The third-order valence-corrected chi connectivity index (χ3v) is 4.64. The molecule has 1 aromatic heterocycles. The first-order valence-electron chi connectivity index (χ1n) is 8.82. The van der Waals surface area contributed by atoms with E-state index >= 15 is 0 Å². The van der Waals surface area contributed by atoms with E-state index in [4.69, 9.17) is 12.2 Å². The molecule has 26 heavy (non-hydrogen) atoms. The van der Waals surface area contributed by atoms with Crippen molar-refractivity contribution in [1.29, 1.82) is 0 Å². The summed E-state index contributed by atoms with van der Waals surface area (Å²) in [4.78, 5) is 19.4. The smallest absolute Gasteiger partial charge is 0.253 e. The van der Waals surface area contributed by atoms with Gasteiger partial charge in [0, 0.05) is 18.7 Å². The van der Waals surface area contributed by atoms with Gasteiger partial charge in [0.05, 0.1) is 18.7 Å². The summed E-state index contributed by atoms with van der Waals surface area (Å²) in [6.07, 6.45) is 0.968. The quantitative estimate of drug-likeness (QED) is 0.479. The van der Waals surface area contributed by atoms with E-state index in [0.717, 1.165) is 36.0 Å². The van der Waals surface area contributed by atoms with E-state index in [1.165, 1.54) is 0 Å². The van der Waals surface area contributed by atoms with Gasteiger partial charge in [0.15, 0.2) is 5.11 Å². The number of benzene rings is 1. The van der Waals surface area contributed by atoms with Crippen LogP contribution in [0.5, 0.6) is 0 Å². The molecule has 1 aromatic carbocycles. The summed E-state index contributed by atoms with van der Waals surface area (Å²) < 4.78 is 0. The molecule has 0 aliphatic rings. The Hall–Kier alpha value is -1.96. The fourth-order valence-corrected chi connectivity index (χ4v) is 3.09. The number of nitrogens with zero attached hydrogens (tertiary/aromatic N) is 2. The number of nitrogens with one attached hydrogen (secondary N) is 2. The van der Waals surface area contributed by atoms with Gasteiger partial charge in [-0.1, -0.05) is 18.2 Å². The molecule has 3 N–H and O–H groups in total. The van der Waals surface area contributed by atoms with Gasteiger partial charge in [-0.25, -0.2) is 0 Å². The maximum atomic E-state index is 12.5. The predicted molar refractivity (Wildman–Crippen MR) is 111 cm³/mol. The van der Waals surface area contributed by atoms with Crippen LogP contribution in [0.15, 0.2) is 29.1 Å². The van der Waals surface area contributed by atoms with E-state index in [-0.39, 0.29) is 12.2 Å². The normalized spacial score (nSPS) is 11.1. The van der Waals surface area contributed by atoms with Crippen molar-refractivity contribution in [3.05, 3.63) is 45.7 Å². The first-order chi connectivity index (χ1) is 12.4. The molecule has 0 bridgehead atoms. The average Bonchev–Trinajstić information content (AvgIpc) is 2.59. The molecule has 142 valence electrons. The van der Waals surface area contributed by atoms with Crippen LogP contribution in [0.2, 0.25) is 0 Å². The number of H-pyrrole nitrogens is 1. The van der Waals surface area contributed by atoms with Crippen molar-refractivity contribution in [3.63, 3.8) is 0 Å². The second-order valence-electron chi connectivity index (χ2n) is 6.70. The second kappa shape index (κ2) is 9.66. The molecule has 0 spiro atoms. The predicted octanol–water partition coefficient (Wildman–Crippen LogP) is 1.46. The number of aryl methyl sites for hydroxylation is 1. The van der Waals surface area contributed by atoms with E-state index in [2.05, 4.69) is 15.2 Å². The Balaban J connectivity index is 2.11. The van der Waals surface area contributed by atoms with Crippen molar-refractivity contribution in [2.45, 2.75) is 19.9 Å². The van der Waals surface area contributed by atoms with Crippen LogP contribution in [-0.2, 0) is 6.54 Å². The summed E-state index contributed by atoms with van der Waals surface area (Å²) in [5, 5.41) is 14.1. The van der Waals surface area contributed by atoms with Gasteiger partial charge in [-0.3, -0.25) is 4.79 Å². The van der Waals surface area contributed by atoms with Crippen molar-refractivity contribution in [2.75, 3.05) is 40.3 Å². The van der Waals surface area contributed by atoms with Gasteiger partial charge < -0.3 is 25.2 Å². The Morgan fingerprint density at radius 2 is 2.08 bits per heavy atom. The zero-order valence-electron chi connectivity index (χ0n) is 15.7. The van der Waals surface area contributed by atoms with Crippen LogP contribution < -0.4 is 10.9 Å². The zero-order chi connectivity index (χ0) is 19.1. The standard InChI is InChI=1S/C19H28N4O2S/c1-14-6-4-7-15-12-16(18(25)21-17(14)15)13-23(10-11-24)19(26)20-8-5-9-22(2)3/h4,6-7,12,24H,5,8-11,13H2,1-3H3,(H,20,26)(H,21,25). The van der Waals surface area contributed by atoms with Crippen molar-refractivity contribution in [2.24, 2.45) is 0 Å². The summed E-state index contributed by atoms with van der Waals surface area (Å²) in [5.41, 5.74) is 2.41. The Morgan fingerprint density at radius 3 is 2.77 bits per heavy atom. The molecule has 0 amide bonds. The fraction of sp³-hybridized carbons (Fsp3) is 0.474. The molecular weight excluding hydrogens is 348 g/mol. The highest BCUT2D eigenvalue weighted by molar-refractivity contribution is 7.80. The molecule has 7 heteroatoms. The maximum absolute atomic E-state index is 12.5. The molecule has 0 aliphatic carbocycles. The third kappa shape index (κ3) is 5.52. The Kier molecular flexibility index (Phi) is 7.56. The lowest BCUT2D eigenvalue weighted by Gasteiger charge is -2.25. The van der Waals surface area contributed by atoms with Crippen molar-refractivity contribution in [1.82, 2.24) is 20.1 Å². The summed E-state index contributed by atoms with van der Waals surface area (Å²) in [7, 11) is 4.06. The summed E-state index contributed by atoms with van der Waals surface area (Å²) >= 11 is 5.46. The van der Waals surface area contributed by atoms with E-state index in [1.807, 2.05) is 50.2 Å². The zero-order valence-corrected chi connectivity index (χ0v) is 16.5. The Morgan fingerprint density at radius 1 is 1.31 bits per heavy atom. The molecule has 0 saturated carbocycles. The van der Waals surface area contributed by atoms with Crippen LogP contribution in [-0.4, -0.2) is 65.3 Å². The number of aliphatic hydroxyl groups is 1. The number of pyridine rings is 1. The summed E-state index contributed by atoms with van der Waals surface area (Å²) in [6, 6.07) is 7.83. The number of fused-ring (bicyclic) bond motifs is 1. The molecule has 1 heterocycles. The first-order valence-corrected chi connectivity index (χ1v) is 9.23. The number of hydrogen-bond acceptors (Lipinski definition) is 4. The number of hydrogen-bond donors (Lipinski definition) is 3. The van der Waals surface area contributed by atoms with Crippen molar-refractivity contribution >= 4 is 28.2 Å². The maximum Gasteiger partial charge on any atom is 0.253 e. The van der Waals surface area contributed by atoms with Gasteiger partial charge in [-0.15, -0.1) is 0 Å². The van der Waals surface area contributed by atoms with Crippen LogP contribution in [0.1, 0.15) is 17.5 Å². The molecule has 0 radical (unpaired) electrons. The lowest BCUT2D eigenvalue weighted by Crippen LogP contribution is -2.42. The van der Waals surface area contributed by atoms with Gasteiger partial charge in [-0.2, -0.15) is 0 Å². The van der Waals surface area contributed by atoms with E-state index < -0.39 is 0 Å². The van der Waals surface area contributed by atoms with Crippen LogP contribution in [0.25, 0.3) is 10.9 Å². The monoisotopic (exact) mass is 376 g/mol. The first kappa shape index (κ1) is 20.4. The average molecular weight is 377 g/mol. The van der Waals surface area contributed by atoms with E-state index in [1.54, 1.807) is 0 Å². The Bertz CT molecular complexity index is 804. The SMILES string of the molecule is Cc1cccc2cc(CN(CCO)C(=S)NCCCN(C)C)c(=O)[nH]c12. The van der Waals surface area contributed by atoms with Crippen LogP contribution in [0.4, 0.5) is 0 Å². The van der Waals surface area contributed by atoms with Gasteiger partial charge in [-0.05, 0) is 63.2 Å². The van der Waals surface area contributed by atoms with E-state index in [0.29, 0.717) is 23.8 Å². The van der Waals surface area contributed by atoms with Crippen molar-refractivity contribution in [3.8, 4) is 0 Å². The van der Waals surface area contributed by atoms with Crippen LogP contribution in [0, 0.1) is 6.92 Å². The third-order valence-electron chi connectivity index (χ3n) is 4.24. The van der Waals surface area contributed by atoms with E-state index in [9.17, 15) is 9.90 Å². The minimum atomic E-state index is -0.120. The van der Waals surface area contributed by atoms with Crippen LogP contribution >= 0.6 is 12.2 Å². The largest absolute Gasteiger partial charge is 0.395 e. The number of aromatic amines is 1. The summed E-state index contributed by atoms with van der Waals surface area (Å²) in [5.74, 6) is 0. The van der Waals surface area contributed by atoms with Crippen LogP contribution in [0.3, 0.4) is 0 Å². The lowest BCUT2D eigenvalue weighted by atomic mass is 10.1. The lowest BCUT2D eigenvalue weighted by molar-refractivity contribution is 0.245. The minimum Gasteiger partial charge on any atom is -0.395 e. The van der Waals surface area contributed by atoms with Gasteiger partial charge in [0.2, 0.25) is 0 Å². The van der Waals surface area contributed by atoms with Gasteiger partial charge in [0.25, 0.3) is 5.56 Å². The topological polar surface area (TPSA) is 71.6 Å².